The summed E-state index contributed by atoms with van der Waals surface area (Å²) in [6.07, 6.45) is 0. The van der Waals surface area contributed by atoms with Crippen LogP contribution in [0.3, 0.4) is 0 Å². The Morgan fingerprint density at radius 2 is 2.42 bits per heavy atom. The molecule has 4 nitrogen and oxygen atoms in total. The van der Waals surface area contributed by atoms with E-state index in [1.165, 1.54) is 0 Å². The molecule has 1 aliphatic heterocycles. The third-order valence-electron chi connectivity index (χ3n) is 3.19. The summed E-state index contributed by atoms with van der Waals surface area (Å²) in [5.41, 5.74) is 1.11. The normalized spacial score (nSPS) is 20.2. The number of ether oxygens (including phenoxy) is 1. The van der Waals surface area contributed by atoms with Gasteiger partial charge in [-0.2, -0.15) is 0 Å². The van der Waals surface area contributed by atoms with Crippen molar-refractivity contribution in [1.82, 2.24) is 10.2 Å². The summed E-state index contributed by atoms with van der Waals surface area (Å²) in [7, 11) is 0. The van der Waals surface area contributed by atoms with Crippen LogP contribution in [0.4, 0.5) is 0 Å². The number of hydrogen-bond donors (Lipinski definition) is 1. The van der Waals surface area contributed by atoms with E-state index in [0.717, 1.165) is 23.7 Å². The number of esters is 1. The van der Waals surface area contributed by atoms with E-state index in [-0.39, 0.29) is 12.0 Å². The van der Waals surface area contributed by atoms with Gasteiger partial charge in [0, 0.05) is 31.2 Å². The number of nitrogens with zero attached hydrogens (tertiary/aromatic N) is 1. The zero-order valence-electron chi connectivity index (χ0n) is 11.1. The number of hydrogen-bond acceptors (Lipinski definition) is 4. The van der Waals surface area contributed by atoms with Crippen LogP contribution in [0.1, 0.15) is 12.5 Å². The van der Waals surface area contributed by atoms with Crippen molar-refractivity contribution in [2.75, 3.05) is 26.2 Å². The van der Waals surface area contributed by atoms with Crippen LogP contribution in [0.15, 0.2) is 24.3 Å². The van der Waals surface area contributed by atoms with Gasteiger partial charge in [-0.05, 0) is 24.6 Å². The van der Waals surface area contributed by atoms with Crippen molar-refractivity contribution < 1.29 is 9.53 Å². The van der Waals surface area contributed by atoms with E-state index >= 15 is 0 Å². The van der Waals surface area contributed by atoms with E-state index in [1.807, 2.05) is 31.2 Å². The predicted octanol–water partition coefficient (Wildman–Crippen LogP) is 1.68. The average molecular weight is 283 g/mol. The summed E-state index contributed by atoms with van der Waals surface area (Å²) in [5, 5.41) is 3.96. The molecule has 0 radical (unpaired) electrons. The maximum absolute atomic E-state index is 11.9. The first-order chi connectivity index (χ1) is 9.20. The number of benzene rings is 1. The van der Waals surface area contributed by atoms with Gasteiger partial charge < -0.3 is 10.1 Å². The molecule has 0 aromatic heterocycles. The van der Waals surface area contributed by atoms with Gasteiger partial charge in [0.05, 0.1) is 6.61 Å². The van der Waals surface area contributed by atoms with Gasteiger partial charge in [0.15, 0.2) is 0 Å². The second-order valence-electron chi connectivity index (χ2n) is 4.57. The first kappa shape index (κ1) is 14.3. The number of piperazine rings is 1. The highest BCUT2D eigenvalue weighted by molar-refractivity contribution is 6.30. The first-order valence-electron chi connectivity index (χ1n) is 6.56. The van der Waals surface area contributed by atoms with Gasteiger partial charge in [-0.15, -0.1) is 0 Å². The first-order valence-corrected chi connectivity index (χ1v) is 6.94. The molecule has 1 aromatic carbocycles. The smallest absolute Gasteiger partial charge is 0.324 e. The van der Waals surface area contributed by atoms with Gasteiger partial charge in [0.1, 0.15) is 6.04 Å². The number of carbonyl (C=O) groups excluding carboxylic acids is 1. The minimum atomic E-state index is -0.215. The van der Waals surface area contributed by atoms with E-state index in [9.17, 15) is 4.79 Å². The van der Waals surface area contributed by atoms with Crippen molar-refractivity contribution >= 4 is 17.6 Å². The molecule has 1 saturated heterocycles. The molecule has 1 aliphatic rings. The lowest BCUT2D eigenvalue weighted by atomic mass is 10.1. The SMILES string of the molecule is CCOC(=O)C1CNCCN1Cc1cccc(Cl)c1. The van der Waals surface area contributed by atoms with Crippen LogP contribution in [0.5, 0.6) is 0 Å². The minimum Gasteiger partial charge on any atom is -0.465 e. The number of nitrogens with one attached hydrogen (secondary N) is 1. The fraction of sp³-hybridized carbons (Fsp3) is 0.500. The lowest BCUT2D eigenvalue weighted by Gasteiger charge is -2.34. The van der Waals surface area contributed by atoms with Gasteiger partial charge >= 0.3 is 5.97 Å². The van der Waals surface area contributed by atoms with Gasteiger partial charge in [-0.25, -0.2) is 0 Å². The molecule has 0 aliphatic carbocycles. The zero-order chi connectivity index (χ0) is 13.7. The molecule has 0 spiro atoms. The highest BCUT2D eigenvalue weighted by Crippen LogP contribution is 2.15. The van der Waals surface area contributed by atoms with Crippen LogP contribution in [0.25, 0.3) is 0 Å². The molecule has 1 fully saturated rings. The Balaban J connectivity index is 2.05. The van der Waals surface area contributed by atoms with Crippen molar-refractivity contribution in [2.24, 2.45) is 0 Å². The van der Waals surface area contributed by atoms with Gasteiger partial charge in [0.25, 0.3) is 0 Å². The molecule has 1 N–H and O–H groups in total. The Labute approximate surface area is 118 Å². The summed E-state index contributed by atoms with van der Waals surface area (Å²) in [6.45, 7) is 5.31. The fourth-order valence-corrected chi connectivity index (χ4v) is 2.49. The highest BCUT2D eigenvalue weighted by Gasteiger charge is 2.29. The maximum Gasteiger partial charge on any atom is 0.324 e. The van der Waals surface area contributed by atoms with E-state index in [2.05, 4.69) is 10.2 Å². The number of rotatable bonds is 4. The Hall–Kier alpha value is -1.10. The Bertz CT molecular complexity index is 439. The molecule has 1 atom stereocenters. The van der Waals surface area contributed by atoms with Crippen LogP contribution < -0.4 is 5.32 Å². The summed E-state index contributed by atoms with van der Waals surface area (Å²) in [6, 6.07) is 7.53. The van der Waals surface area contributed by atoms with Crippen LogP contribution >= 0.6 is 11.6 Å². The molecule has 5 heteroatoms. The van der Waals surface area contributed by atoms with E-state index in [1.54, 1.807) is 0 Å². The topological polar surface area (TPSA) is 41.6 Å². The molecule has 0 amide bonds. The van der Waals surface area contributed by atoms with Crippen LogP contribution in [0.2, 0.25) is 5.02 Å². The molecule has 19 heavy (non-hydrogen) atoms. The second-order valence-corrected chi connectivity index (χ2v) is 5.01. The number of carbonyl (C=O) groups is 1. The van der Waals surface area contributed by atoms with Crippen molar-refractivity contribution in [3.8, 4) is 0 Å². The van der Waals surface area contributed by atoms with Gasteiger partial charge in [-0.3, -0.25) is 9.69 Å². The summed E-state index contributed by atoms with van der Waals surface area (Å²) in [4.78, 5) is 14.1. The predicted molar refractivity (Wildman–Crippen MR) is 75.2 cm³/mol. The van der Waals surface area contributed by atoms with Crippen molar-refractivity contribution in [1.29, 1.82) is 0 Å². The minimum absolute atomic E-state index is 0.156. The monoisotopic (exact) mass is 282 g/mol. The zero-order valence-corrected chi connectivity index (χ0v) is 11.8. The summed E-state index contributed by atoms with van der Waals surface area (Å²) in [5.74, 6) is -0.156. The van der Waals surface area contributed by atoms with Crippen LogP contribution in [-0.4, -0.2) is 43.2 Å². The molecule has 1 heterocycles. The largest absolute Gasteiger partial charge is 0.465 e. The fourth-order valence-electron chi connectivity index (χ4n) is 2.28. The Morgan fingerprint density at radius 3 is 3.16 bits per heavy atom. The van der Waals surface area contributed by atoms with Crippen molar-refractivity contribution in [3.63, 3.8) is 0 Å². The third-order valence-corrected chi connectivity index (χ3v) is 3.42. The summed E-state index contributed by atoms with van der Waals surface area (Å²) >= 11 is 5.99. The van der Waals surface area contributed by atoms with Crippen LogP contribution in [0, 0.1) is 0 Å². The molecular weight excluding hydrogens is 264 g/mol. The molecule has 0 saturated carbocycles. The second kappa shape index (κ2) is 6.89. The molecule has 104 valence electrons. The molecule has 1 aromatic rings. The van der Waals surface area contributed by atoms with E-state index < -0.39 is 0 Å². The standard InChI is InChI=1S/C14H19ClN2O2/c1-2-19-14(18)13-9-16-6-7-17(13)10-11-4-3-5-12(15)8-11/h3-5,8,13,16H,2,6-7,9-10H2,1H3. The molecule has 0 bridgehead atoms. The Morgan fingerprint density at radius 1 is 1.58 bits per heavy atom. The molecule has 1 unspecified atom stereocenters. The van der Waals surface area contributed by atoms with Crippen molar-refractivity contribution in [2.45, 2.75) is 19.5 Å². The van der Waals surface area contributed by atoms with Crippen molar-refractivity contribution in [3.05, 3.63) is 34.9 Å². The van der Waals surface area contributed by atoms with E-state index in [4.69, 9.17) is 16.3 Å². The molecule has 2 rings (SSSR count). The van der Waals surface area contributed by atoms with E-state index in [0.29, 0.717) is 19.7 Å². The number of halogens is 1. The van der Waals surface area contributed by atoms with Gasteiger partial charge in [-0.1, -0.05) is 23.7 Å². The quantitative estimate of drug-likeness (QED) is 0.853. The average Bonchev–Trinajstić information content (AvgIpc) is 2.39. The maximum atomic E-state index is 11.9. The summed E-state index contributed by atoms with van der Waals surface area (Å²) < 4.78 is 5.13. The highest BCUT2D eigenvalue weighted by atomic mass is 35.5. The van der Waals surface area contributed by atoms with Gasteiger partial charge in [0.2, 0.25) is 0 Å². The lowest BCUT2D eigenvalue weighted by Crippen LogP contribution is -2.54. The van der Waals surface area contributed by atoms with Crippen LogP contribution in [-0.2, 0) is 16.1 Å². The third kappa shape index (κ3) is 3.93. The Kier molecular flexibility index (Phi) is 5.19. The molecular formula is C14H19ClN2O2. The lowest BCUT2D eigenvalue weighted by molar-refractivity contribution is -0.150.